The molecule has 1 saturated carbocycles. The van der Waals surface area contributed by atoms with E-state index in [1.807, 2.05) is 6.07 Å². The number of guanidine groups is 1. The topological polar surface area (TPSA) is 36.4 Å². The van der Waals surface area contributed by atoms with Crippen molar-refractivity contribution in [1.82, 2.24) is 10.6 Å². The van der Waals surface area contributed by atoms with Crippen molar-refractivity contribution < 1.29 is 4.39 Å². The number of halogens is 1. The fourth-order valence-corrected chi connectivity index (χ4v) is 2.16. The second-order valence-corrected chi connectivity index (χ2v) is 5.52. The summed E-state index contributed by atoms with van der Waals surface area (Å²) in [6, 6.07) is 5.31. The van der Waals surface area contributed by atoms with Crippen LogP contribution in [-0.4, -0.2) is 19.6 Å². The Balaban J connectivity index is 1.70. The highest BCUT2D eigenvalue weighted by atomic mass is 19.1. The quantitative estimate of drug-likeness (QED) is 0.476. The molecule has 2 N–H and O–H groups in total. The minimum Gasteiger partial charge on any atom is -0.356 e. The van der Waals surface area contributed by atoms with E-state index in [1.165, 1.54) is 25.7 Å². The highest BCUT2D eigenvalue weighted by Gasteiger charge is 2.19. The molecule has 4 heteroatoms. The minimum atomic E-state index is -0.156. The van der Waals surface area contributed by atoms with Gasteiger partial charge in [-0.2, -0.15) is 0 Å². The lowest BCUT2D eigenvalue weighted by Gasteiger charge is -2.12. The molecule has 1 aliphatic carbocycles. The van der Waals surface area contributed by atoms with E-state index >= 15 is 0 Å². The van der Waals surface area contributed by atoms with E-state index in [9.17, 15) is 4.39 Å². The van der Waals surface area contributed by atoms with Crippen LogP contribution >= 0.6 is 0 Å². The zero-order chi connectivity index (χ0) is 14.4. The summed E-state index contributed by atoms with van der Waals surface area (Å²) in [5.41, 5.74) is 1.60. The summed E-state index contributed by atoms with van der Waals surface area (Å²) < 4.78 is 13.4. The van der Waals surface area contributed by atoms with Crippen molar-refractivity contribution in [3.05, 3.63) is 35.1 Å². The van der Waals surface area contributed by atoms with Gasteiger partial charge in [-0.25, -0.2) is 4.39 Å². The van der Waals surface area contributed by atoms with Gasteiger partial charge in [0, 0.05) is 20.1 Å². The van der Waals surface area contributed by atoms with Gasteiger partial charge in [0.2, 0.25) is 0 Å². The number of nitrogens with one attached hydrogen (secondary N) is 2. The molecule has 0 saturated heterocycles. The summed E-state index contributed by atoms with van der Waals surface area (Å²) >= 11 is 0. The van der Waals surface area contributed by atoms with Crippen LogP contribution in [0, 0.1) is 18.7 Å². The van der Waals surface area contributed by atoms with E-state index in [0.29, 0.717) is 12.1 Å². The Bertz CT molecular complexity index is 467. The monoisotopic (exact) mass is 277 g/mol. The average Bonchev–Trinajstić information content (AvgIpc) is 3.26. The molecule has 1 aromatic carbocycles. The Hall–Kier alpha value is -1.58. The molecule has 20 heavy (non-hydrogen) atoms. The van der Waals surface area contributed by atoms with Gasteiger partial charge >= 0.3 is 0 Å². The molecule has 1 fully saturated rings. The third kappa shape index (κ3) is 4.83. The molecular formula is C16H24FN3. The van der Waals surface area contributed by atoms with Gasteiger partial charge < -0.3 is 10.6 Å². The number of benzene rings is 1. The molecule has 0 aliphatic heterocycles. The molecule has 0 unspecified atom stereocenters. The largest absolute Gasteiger partial charge is 0.356 e. The van der Waals surface area contributed by atoms with E-state index < -0.39 is 0 Å². The van der Waals surface area contributed by atoms with Crippen LogP contribution in [0.3, 0.4) is 0 Å². The van der Waals surface area contributed by atoms with Crippen LogP contribution in [-0.2, 0) is 6.54 Å². The van der Waals surface area contributed by atoms with E-state index in [-0.39, 0.29) is 5.82 Å². The van der Waals surface area contributed by atoms with E-state index in [1.54, 1.807) is 26.1 Å². The Kier molecular flexibility index (Phi) is 5.39. The van der Waals surface area contributed by atoms with Gasteiger partial charge in [0.15, 0.2) is 5.96 Å². The molecule has 0 spiro atoms. The second-order valence-electron chi connectivity index (χ2n) is 5.52. The second kappa shape index (κ2) is 7.27. The van der Waals surface area contributed by atoms with Gasteiger partial charge in [0.05, 0.1) is 0 Å². The third-order valence-electron chi connectivity index (χ3n) is 3.70. The Morgan fingerprint density at radius 1 is 1.35 bits per heavy atom. The van der Waals surface area contributed by atoms with Crippen LogP contribution in [0.5, 0.6) is 0 Å². The Labute approximate surface area is 120 Å². The maximum atomic E-state index is 13.4. The number of hydrogen-bond donors (Lipinski definition) is 2. The lowest BCUT2D eigenvalue weighted by atomic mass is 10.1. The van der Waals surface area contributed by atoms with Gasteiger partial charge in [-0.15, -0.1) is 0 Å². The number of aliphatic imine (C=N–C) groups is 1. The first kappa shape index (κ1) is 14.8. The number of nitrogens with zero attached hydrogens (tertiary/aromatic N) is 1. The Morgan fingerprint density at radius 3 is 2.80 bits per heavy atom. The normalized spacial score (nSPS) is 15.2. The van der Waals surface area contributed by atoms with Crippen molar-refractivity contribution in [3.63, 3.8) is 0 Å². The predicted octanol–water partition coefficient (Wildman–Crippen LogP) is 2.99. The van der Waals surface area contributed by atoms with Crippen LogP contribution in [0.2, 0.25) is 0 Å². The summed E-state index contributed by atoms with van der Waals surface area (Å²) in [6.45, 7) is 3.30. The molecule has 0 amide bonds. The van der Waals surface area contributed by atoms with Crippen molar-refractivity contribution >= 4 is 5.96 Å². The SMILES string of the molecule is CN=C(NCCCC1CC1)NCc1ccc(C)c(F)c1. The van der Waals surface area contributed by atoms with Crippen LogP contribution in [0.15, 0.2) is 23.2 Å². The van der Waals surface area contributed by atoms with Crippen molar-refractivity contribution in [2.24, 2.45) is 10.9 Å². The smallest absolute Gasteiger partial charge is 0.191 e. The van der Waals surface area contributed by atoms with Crippen LogP contribution < -0.4 is 10.6 Å². The number of aryl methyl sites for hydroxylation is 1. The Morgan fingerprint density at radius 2 is 2.15 bits per heavy atom. The zero-order valence-electron chi connectivity index (χ0n) is 12.4. The van der Waals surface area contributed by atoms with Crippen LogP contribution in [0.1, 0.15) is 36.8 Å². The standard InChI is InChI=1S/C16H24FN3/c1-12-5-6-14(10-15(12)17)11-20-16(18-2)19-9-3-4-13-7-8-13/h5-6,10,13H,3-4,7-9,11H2,1-2H3,(H2,18,19,20). The van der Waals surface area contributed by atoms with Crippen molar-refractivity contribution in [1.29, 1.82) is 0 Å². The molecule has 110 valence electrons. The third-order valence-corrected chi connectivity index (χ3v) is 3.70. The van der Waals surface area contributed by atoms with Gasteiger partial charge in [-0.3, -0.25) is 4.99 Å². The van der Waals surface area contributed by atoms with E-state index in [4.69, 9.17) is 0 Å². The highest BCUT2D eigenvalue weighted by molar-refractivity contribution is 5.79. The molecule has 0 heterocycles. The molecular weight excluding hydrogens is 253 g/mol. The summed E-state index contributed by atoms with van der Waals surface area (Å²) in [5, 5.41) is 6.50. The number of rotatable bonds is 6. The van der Waals surface area contributed by atoms with Crippen LogP contribution in [0.25, 0.3) is 0 Å². The maximum Gasteiger partial charge on any atom is 0.191 e. The highest BCUT2D eigenvalue weighted by Crippen LogP contribution is 2.33. The molecule has 0 bridgehead atoms. The summed E-state index contributed by atoms with van der Waals surface area (Å²) in [4.78, 5) is 4.18. The molecule has 0 radical (unpaired) electrons. The summed E-state index contributed by atoms with van der Waals surface area (Å²) in [6.07, 6.45) is 5.32. The lowest BCUT2D eigenvalue weighted by molar-refractivity contribution is 0.614. The lowest BCUT2D eigenvalue weighted by Crippen LogP contribution is -2.37. The van der Waals surface area contributed by atoms with Gasteiger partial charge in [-0.1, -0.05) is 25.0 Å². The first-order valence-electron chi connectivity index (χ1n) is 7.38. The molecule has 0 aromatic heterocycles. The molecule has 0 atom stereocenters. The van der Waals surface area contributed by atoms with Crippen molar-refractivity contribution in [2.45, 2.75) is 39.2 Å². The first-order chi connectivity index (χ1) is 9.69. The average molecular weight is 277 g/mol. The molecule has 1 aliphatic rings. The minimum absolute atomic E-state index is 0.156. The number of hydrogen-bond acceptors (Lipinski definition) is 1. The molecule has 2 rings (SSSR count). The summed E-state index contributed by atoms with van der Waals surface area (Å²) in [7, 11) is 1.76. The van der Waals surface area contributed by atoms with Gasteiger partial charge in [0.1, 0.15) is 5.82 Å². The van der Waals surface area contributed by atoms with Crippen LogP contribution in [0.4, 0.5) is 4.39 Å². The molecule has 1 aromatic rings. The van der Waals surface area contributed by atoms with E-state index in [2.05, 4.69) is 15.6 Å². The van der Waals surface area contributed by atoms with Crippen molar-refractivity contribution in [3.8, 4) is 0 Å². The summed E-state index contributed by atoms with van der Waals surface area (Å²) in [5.74, 6) is 1.60. The first-order valence-corrected chi connectivity index (χ1v) is 7.38. The van der Waals surface area contributed by atoms with E-state index in [0.717, 1.165) is 24.0 Å². The predicted molar refractivity (Wildman–Crippen MR) is 81.3 cm³/mol. The fraction of sp³-hybridized carbons (Fsp3) is 0.562. The molecule has 3 nitrogen and oxygen atoms in total. The zero-order valence-corrected chi connectivity index (χ0v) is 12.4. The van der Waals surface area contributed by atoms with Gasteiger partial charge in [0.25, 0.3) is 0 Å². The fourth-order valence-electron chi connectivity index (χ4n) is 2.16. The van der Waals surface area contributed by atoms with Crippen molar-refractivity contribution in [2.75, 3.05) is 13.6 Å². The van der Waals surface area contributed by atoms with Gasteiger partial charge in [-0.05, 0) is 42.9 Å². The maximum absolute atomic E-state index is 13.4.